The van der Waals surface area contributed by atoms with Crippen molar-refractivity contribution < 1.29 is 9.90 Å². The Morgan fingerprint density at radius 1 is 1.22 bits per heavy atom. The van der Waals surface area contributed by atoms with Gasteiger partial charge in [-0.05, 0) is 55.0 Å². The third-order valence-electron chi connectivity index (χ3n) is 3.25. The number of hydrazine groups is 1. The lowest BCUT2D eigenvalue weighted by Gasteiger charge is -2.17. The minimum atomic E-state index is -0.205. The van der Waals surface area contributed by atoms with Gasteiger partial charge in [0, 0.05) is 0 Å². The maximum absolute atomic E-state index is 12.5. The molecule has 1 amide bonds. The Morgan fingerprint density at radius 3 is 2.65 bits per heavy atom. The van der Waals surface area contributed by atoms with E-state index in [2.05, 4.69) is 5.43 Å². The fraction of sp³-hybridized carbons (Fsp3) is 0.0588. The molecule has 6 heteroatoms. The fourth-order valence-corrected chi connectivity index (χ4v) is 3.27. The first-order chi connectivity index (χ1) is 11.0. The van der Waals surface area contributed by atoms with Crippen LogP contribution in [0.15, 0.2) is 53.4 Å². The Kier molecular flexibility index (Phi) is 4.36. The molecule has 1 aliphatic heterocycles. The number of anilines is 1. The summed E-state index contributed by atoms with van der Waals surface area (Å²) in [6.45, 7) is 2.00. The molecule has 1 heterocycles. The van der Waals surface area contributed by atoms with E-state index in [-0.39, 0.29) is 11.7 Å². The van der Waals surface area contributed by atoms with Crippen molar-refractivity contribution in [2.75, 3.05) is 5.43 Å². The van der Waals surface area contributed by atoms with Crippen LogP contribution in [0.4, 0.5) is 5.69 Å². The van der Waals surface area contributed by atoms with Gasteiger partial charge >= 0.3 is 0 Å². The molecule has 0 atom stereocenters. The topological polar surface area (TPSA) is 52.6 Å². The molecule has 0 saturated carbocycles. The van der Waals surface area contributed by atoms with Crippen LogP contribution in [-0.4, -0.2) is 20.3 Å². The summed E-state index contributed by atoms with van der Waals surface area (Å²) in [4.78, 5) is 13.0. The van der Waals surface area contributed by atoms with Gasteiger partial charge in [0.2, 0.25) is 0 Å². The number of phenolic OH excluding ortho intramolecular Hbond substituents is 1. The molecule has 2 aromatic carbocycles. The summed E-state index contributed by atoms with van der Waals surface area (Å²) in [6.07, 6.45) is 1.72. The van der Waals surface area contributed by atoms with Crippen molar-refractivity contribution >= 4 is 46.0 Å². The largest absolute Gasteiger partial charge is 0.508 e. The van der Waals surface area contributed by atoms with E-state index in [9.17, 15) is 9.90 Å². The van der Waals surface area contributed by atoms with E-state index in [0.29, 0.717) is 9.23 Å². The van der Waals surface area contributed by atoms with Gasteiger partial charge < -0.3 is 5.11 Å². The lowest BCUT2D eigenvalue weighted by atomic mass is 10.2. The Balaban J connectivity index is 1.81. The maximum Gasteiger partial charge on any atom is 0.285 e. The maximum atomic E-state index is 12.5. The molecule has 0 aromatic heterocycles. The number of thioether (sulfide) groups is 1. The molecule has 4 nitrogen and oxygen atoms in total. The number of hydrogen-bond donors (Lipinski definition) is 2. The SMILES string of the molecule is Cc1ccc(NN2C(=O)/C(=C\c3cccc(O)c3)SC2=S)cc1. The summed E-state index contributed by atoms with van der Waals surface area (Å²) in [5.74, 6) is -0.0454. The van der Waals surface area contributed by atoms with Gasteiger partial charge in [0.15, 0.2) is 4.32 Å². The molecule has 0 bridgehead atoms. The number of aryl methyl sites for hydroxylation is 1. The van der Waals surface area contributed by atoms with E-state index in [1.807, 2.05) is 37.3 Å². The number of aromatic hydroxyl groups is 1. The van der Waals surface area contributed by atoms with Crippen LogP contribution in [0.3, 0.4) is 0 Å². The van der Waals surface area contributed by atoms with Gasteiger partial charge in [0.25, 0.3) is 5.91 Å². The molecule has 3 rings (SSSR count). The van der Waals surface area contributed by atoms with Crippen LogP contribution in [0.25, 0.3) is 6.08 Å². The number of thiocarbonyl (C=S) groups is 1. The second kappa shape index (κ2) is 6.44. The first-order valence-electron chi connectivity index (χ1n) is 6.93. The third kappa shape index (κ3) is 3.55. The van der Waals surface area contributed by atoms with Crippen molar-refractivity contribution in [1.29, 1.82) is 0 Å². The van der Waals surface area contributed by atoms with Gasteiger partial charge in [-0.15, -0.1) is 0 Å². The molecular weight excluding hydrogens is 328 g/mol. The Morgan fingerprint density at radius 2 is 1.96 bits per heavy atom. The lowest BCUT2D eigenvalue weighted by Crippen LogP contribution is -2.33. The molecule has 0 radical (unpaired) electrons. The predicted molar refractivity (Wildman–Crippen MR) is 97.9 cm³/mol. The molecule has 2 aromatic rings. The predicted octanol–water partition coefficient (Wildman–Crippen LogP) is 3.93. The number of phenols is 1. The van der Waals surface area contributed by atoms with Crippen molar-refractivity contribution in [3.63, 3.8) is 0 Å². The van der Waals surface area contributed by atoms with Gasteiger partial charge in [0.05, 0.1) is 10.6 Å². The number of rotatable bonds is 3. The molecule has 0 aliphatic carbocycles. The molecule has 0 unspecified atom stereocenters. The lowest BCUT2D eigenvalue weighted by molar-refractivity contribution is -0.121. The summed E-state index contributed by atoms with van der Waals surface area (Å²) >= 11 is 6.51. The van der Waals surface area contributed by atoms with Crippen LogP contribution < -0.4 is 5.43 Å². The third-order valence-corrected chi connectivity index (χ3v) is 4.56. The zero-order chi connectivity index (χ0) is 16.4. The van der Waals surface area contributed by atoms with Crippen molar-refractivity contribution in [3.05, 3.63) is 64.6 Å². The standard InChI is InChI=1S/C17H14N2O2S2/c1-11-5-7-13(8-6-11)18-19-16(21)15(23-17(19)22)10-12-3-2-4-14(20)9-12/h2-10,18,20H,1H3/b15-10+. The number of carbonyl (C=O) groups excluding carboxylic acids is 1. The van der Waals surface area contributed by atoms with Crippen LogP contribution in [-0.2, 0) is 4.79 Å². The molecule has 0 spiro atoms. The molecule has 2 N–H and O–H groups in total. The van der Waals surface area contributed by atoms with Crippen LogP contribution in [0, 0.1) is 6.92 Å². The highest BCUT2D eigenvalue weighted by atomic mass is 32.2. The van der Waals surface area contributed by atoms with Gasteiger partial charge in [-0.25, -0.2) is 5.01 Å². The first kappa shape index (κ1) is 15.6. The second-order valence-electron chi connectivity index (χ2n) is 5.09. The van der Waals surface area contributed by atoms with Gasteiger partial charge in [-0.3, -0.25) is 10.2 Å². The van der Waals surface area contributed by atoms with E-state index in [4.69, 9.17) is 12.2 Å². The number of amides is 1. The summed E-state index contributed by atoms with van der Waals surface area (Å²) in [5, 5.41) is 10.9. The van der Waals surface area contributed by atoms with E-state index in [1.165, 1.54) is 16.8 Å². The van der Waals surface area contributed by atoms with E-state index < -0.39 is 0 Å². The number of carbonyl (C=O) groups is 1. The van der Waals surface area contributed by atoms with Gasteiger partial charge in [-0.2, -0.15) is 0 Å². The fourth-order valence-electron chi connectivity index (χ4n) is 2.09. The normalized spacial score (nSPS) is 16.2. The van der Waals surface area contributed by atoms with Crippen LogP contribution in [0.1, 0.15) is 11.1 Å². The number of nitrogens with zero attached hydrogens (tertiary/aromatic N) is 1. The Labute approximate surface area is 143 Å². The second-order valence-corrected chi connectivity index (χ2v) is 6.77. The van der Waals surface area contributed by atoms with Crippen molar-refractivity contribution in [2.24, 2.45) is 0 Å². The zero-order valence-electron chi connectivity index (χ0n) is 12.3. The highest BCUT2D eigenvalue weighted by Crippen LogP contribution is 2.33. The van der Waals surface area contributed by atoms with E-state index in [0.717, 1.165) is 16.8 Å². The molecule has 23 heavy (non-hydrogen) atoms. The van der Waals surface area contributed by atoms with Crippen molar-refractivity contribution in [2.45, 2.75) is 6.92 Å². The summed E-state index contributed by atoms with van der Waals surface area (Å²) in [5.41, 5.74) is 5.72. The van der Waals surface area contributed by atoms with Crippen molar-refractivity contribution in [3.8, 4) is 5.75 Å². The molecule has 116 valence electrons. The van der Waals surface area contributed by atoms with E-state index >= 15 is 0 Å². The summed E-state index contributed by atoms with van der Waals surface area (Å²) in [6, 6.07) is 14.4. The number of hydrogen-bond acceptors (Lipinski definition) is 5. The molecule has 1 saturated heterocycles. The van der Waals surface area contributed by atoms with Crippen molar-refractivity contribution in [1.82, 2.24) is 5.01 Å². The number of nitrogens with one attached hydrogen (secondary N) is 1. The van der Waals surface area contributed by atoms with E-state index in [1.54, 1.807) is 24.3 Å². The monoisotopic (exact) mass is 342 g/mol. The highest BCUT2D eigenvalue weighted by Gasteiger charge is 2.32. The average Bonchev–Trinajstić information content (AvgIpc) is 2.77. The molecule has 1 aliphatic rings. The van der Waals surface area contributed by atoms with Gasteiger partial charge in [-0.1, -0.05) is 41.6 Å². The zero-order valence-corrected chi connectivity index (χ0v) is 13.9. The first-order valence-corrected chi connectivity index (χ1v) is 8.16. The quantitative estimate of drug-likeness (QED) is 0.654. The minimum Gasteiger partial charge on any atom is -0.508 e. The van der Waals surface area contributed by atoms with Crippen LogP contribution in [0.5, 0.6) is 5.75 Å². The molecular formula is C17H14N2O2S2. The summed E-state index contributed by atoms with van der Waals surface area (Å²) in [7, 11) is 0. The smallest absolute Gasteiger partial charge is 0.285 e. The highest BCUT2D eigenvalue weighted by molar-refractivity contribution is 8.26. The average molecular weight is 342 g/mol. The number of benzene rings is 2. The minimum absolute atomic E-state index is 0.159. The van der Waals surface area contributed by atoms with Crippen LogP contribution in [0.2, 0.25) is 0 Å². The Bertz CT molecular complexity index is 800. The summed E-state index contributed by atoms with van der Waals surface area (Å²) < 4.78 is 0.446. The van der Waals surface area contributed by atoms with Gasteiger partial charge in [0.1, 0.15) is 5.75 Å². The Hall–Kier alpha value is -2.31. The molecule has 1 fully saturated rings. The van der Waals surface area contributed by atoms with Crippen LogP contribution >= 0.6 is 24.0 Å².